The van der Waals surface area contributed by atoms with Crippen LogP contribution in [0.15, 0.2) is 24.3 Å². The van der Waals surface area contributed by atoms with E-state index in [0.717, 1.165) is 12.8 Å². The van der Waals surface area contributed by atoms with Crippen molar-refractivity contribution in [2.45, 2.75) is 18.9 Å². The lowest BCUT2D eigenvalue weighted by atomic mass is 10.1. The van der Waals surface area contributed by atoms with Crippen LogP contribution in [0.5, 0.6) is 0 Å². The van der Waals surface area contributed by atoms with Gasteiger partial charge in [-0.15, -0.1) is 0 Å². The number of nitrogens with two attached hydrogens (primary N) is 1. The molecule has 0 heterocycles. The quantitative estimate of drug-likeness (QED) is 0.653. The lowest BCUT2D eigenvalue weighted by Crippen LogP contribution is -2.18. The Labute approximate surface area is 79.7 Å². The third-order valence-electron chi connectivity index (χ3n) is 2.08. The fourth-order valence-electron chi connectivity index (χ4n) is 1.59. The second-order valence-electron chi connectivity index (χ2n) is 3.35. The molecule has 2 heteroatoms. The molecule has 0 fully saturated rings. The molecule has 0 saturated heterocycles. The lowest BCUT2D eigenvalue weighted by Gasteiger charge is -1.94. The number of hydrogen-bond donors (Lipinski definition) is 1. The molecule has 0 bridgehead atoms. The fraction of sp³-hybridized carbons (Fsp3) is 0.455. The monoisotopic (exact) mass is 179 g/mol. The van der Waals surface area contributed by atoms with Crippen LogP contribution in [0.4, 0.5) is 0 Å². The van der Waals surface area contributed by atoms with Crippen LogP contribution in [0.1, 0.15) is 11.1 Å². The van der Waals surface area contributed by atoms with Gasteiger partial charge in [-0.3, -0.25) is 0 Å². The summed E-state index contributed by atoms with van der Waals surface area (Å²) in [5.74, 6) is 0. The first-order chi connectivity index (χ1) is 6.27. The summed E-state index contributed by atoms with van der Waals surface area (Å²) in [6.45, 7) is 0. The summed E-state index contributed by atoms with van der Waals surface area (Å²) in [7, 11) is 3.25. The second-order valence-corrected chi connectivity index (χ2v) is 3.35. The van der Waals surface area contributed by atoms with Gasteiger partial charge in [0.05, 0.1) is 0 Å². The summed E-state index contributed by atoms with van der Waals surface area (Å²) in [5, 5.41) is 0. The molecule has 1 aromatic carbocycles. The molecule has 0 aliphatic heterocycles. The van der Waals surface area contributed by atoms with Crippen LogP contribution in [0.3, 0.4) is 0 Å². The molecule has 0 aromatic heterocycles. The minimum atomic E-state index is 0.373. The van der Waals surface area contributed by atoms with Gasteiger partial charge in [-0.1, -0.05) is 24.3 Å². The van der Waals surface area contributed by atoms with Crippen LogP contribution in [-0.2, 0) is 17.6 Å². The molecule has 2 nitrogen and oxygen atoms in total. The normalized spacial score (nSPS) is 14.7. The van der Waals surface area contributed by atoms with Crippen LogP contribution in [-0.4, -0.2) is 20.3 Å². The lowest BCUT2D eigenvalue weighted by molar-refractivity contribution is 0.277. The maximum atomic E-state index is 5.78. The summed E-state index contributed by atoms with van der Waals surface area (Å²) in [5.41, 5.74) is 8.66. The van der Waals surface area contributed by atoms with Crippen LogP contribution in [0.25, 0.3) is 0 Å². The highest BCUT2D eigenvalue weighted by Gasteiger charge is 2.15. The van der Waals surface area contributed by atoms with E-state index in [2.05, 4.69) is 29.0 Å². The van der Waals surface area contributed by atoms with Gasteiger partial charge in [-0.25, -0.2) is 0 Å². The molecule has 0 radical (unpaired) electrons. The SMILES string of the molecule is COC.NC1Cc2ccccc2C1. The average molecular weight is 179 g/mol. The number of hydrogen-bond acceptors (Lipinski definition) is 2. The van der Waals surface area contributed by atoms with Gasteiger partial charge < -0.3 is 10.5 Å². The van der Waals surface area contributed by atoms with Gasteiger partial charge in [-0.2, -0.15) is 0 Å². The van der Waals surface area contributed by atoms with Crippen LogP contribution in [0, 0.1) is 0 Å². The van der Waals surface area contributed by atoms with E-state index >= 15 is 0 Å². The van der Waals surface area contributed by atoms with Crippen molar-refractivity contribution in [2.75, 3.05) is 14.2 Å². The van der Waals surface area contributed by atoms with E-state index in [1.165, 1.54) is 11.1 Å². The highest BCUT2D eigenvalue weighted by Crippen LogP contribution is 2.19. The van der Waals surface area contributed by atoms with E-state index in [0.29, 0.717) is 6.04 Å². The van der Waals surface area contributed by atoms with Crippen molar-refractivity contribution in [3.8, 4) is 0 Å². The molecule has 13 heavy (non-hydrogen) atoms. The van der Waals surface area contributed by atoms with Crippen molar-refractivity contribution in [1.29, 1.82) is 0 Å². The average Bonchev–Trinajstić information content (AvgIpc) is 2.45. The van der Waals surface area contributed by atoms with Gasteiger partial charge in [0.2, 0.25) is 0 Å². The molecule has 2 rings (SSSR count). The third-order valence-corrected chi connectivity index (χ3v) is 2.08. The molecule has 0 spiro atoms. The predicted octanol–water partition coefficient (Wildman–Crippen LogP) is 1.38. The first-order valence-corrected chi connectivity index (χ1v) is 4.50. The Hall–Kier alpha value is -0.860. The smallest absolute Gasteiger partial charge is 0.0351 e. The molecule has 1 aliphatic rings. The van der Waals surface area contributed by atoms with Crippen LogP contribution < -0.4 is 5.73 Å². The molecule has 0 atom stereocenters. The van der Waals surface area contributed by atoms with E-state index in [1.54, 1.807) is 14.2 Å². The van der Waals surface area contributed by atoms with Gasteiger partial charge in [0.25, 0.3) is 0 Å². The Balaban J connectivity index is 0.000000251. The van der Waals surface area contributed by atoms with Crippen LogP contribution in [0.2, 0.25) is 0 Å². The number of ether oxygens (including phenoxy) is 1. The van der Waals surface area contributed by atoms with Gasteiger partial charge in [0.1, 0.15) is 0 Å². The molecule has 0 saturated carbocycles. The van der Waals surface area contributed by atoms with Crippen molar-refractivity contribution >= 4 is 0 Å². The Morgan fingerprint density at radius 1 is 1.15 bits per heavy atom. The van der Waals surface area contributed by atoms with E-state index in [4.69, 9.17) is 5.73 Å². The zero-order valence-electron chi connectivity index (χ0n) is 8.29. The standard InChI is InChI=1S/C9H11N.C2H6O/c10-9-5-7-3-1-2-4-8(7)6-9;1-3-2/h1-4,9H,5-6,10H2;1-2H3. The molecule has 0 amide bonds. The highest BCUT2D eigenvalue weighted by atomic mass is 16.4. The third kappa shape index (κ3) is 2.83. The van der Waals surface area contributed by atoms with Gasteiger partial charge in [0.15, 0.2) is 0 Å². The van der Waals surface area contributed by atoms with Crippen molar-refractivity contribution < 1.29 is 4.74 Å². The number of benzene rings is 1. The molecule has 1 aromatic rings. The topological polar surface area (TPSA) is 35.2 Å². The Kier molecular flexibility index (Phi) is 3.93. The summed E-state index contributed by atoms with van der Waals surface area (Å²) in [6, 6.07) is 8.87. The summed E-state index contributed by atoms with van der Waals surface area (Å²) in [6.07, 6.45) is 2.13. The van der Waals surface area contributed by atoms with E-state index < -0.39 is 0 Å². The molecule has 0 unspecified atom stereocenters. The summed E-state index contributed by atoms with van der Waals surface area (Å²) < 4.78 is 4.25. The largest absolute Gasteiger partial charge is 0.388 e. The molecular weight excluding hydrogens is 162 g/mol. The van der Waals surface area contributed by atoms with E-state index in [-0.39, 0.29) is 0 Å². The van der Waals surface area contributed by atoms with Gasteiger partial charge in [-0.05, 0) is 24.0 Å². The number of fused-ring (bicyclic) bond motifs is 1. The second kappa shape index (κ2) is 5.00. The van der Waals surface area contributed by atoms with E-state index in [1.807, 2.05) is 0 Å². The first kappa shape index (κ1) is 10.2. The van der Waals surface area contributed by atoms with Crippen LogP contribution >= 0.6 is 0 Å². The summed E-state index contributed by atoms with van der Waals surface area (Å²) >= 11 is 0. The minimum Gasteiger partial charge on any atom is -0.388 e. The molecule has 2 N–H and O–H groups in total. The fourth-order valence-corrected chi connectivity index (χ4v) is 1.59. The highest BCUT2D eigenvalue weighted by molar-refractivity contribution is 5.32. The van der Waals surface area contributed by atoms with Crippen molar-refractivity contribution in [1.82, 2.24) is 0 Å². The van der Waals surface area contributed by atoms with Crippen molar-refractivity contribution in [2.24, 2.45) is 5.73 Å². The van der Waals surface area contributed by atoms with Gasteiger partial charge >= 0.3 is 0 Å². The zero-order chi connectivity index (χ0) is 9.68. The number of rotatable bonds is 0. The summed E-state index contributed by atoms with van der Waals surface area (Å²) in [4.78, 5) is 0. The first-order valence-electron chi connectivity index (χ1n) is 4.50. The Morgan fingerprint density at radius 3 is 1.92 bits per heavy atom. The van der Waals surface area contributed by atoms with E-state index in [9.17, 15) is 0 Å². The van der Waals surface area contributed by atoms with Crippen molar-refractivity contribution in [3.63, 3.8) is 0 Å². The molecule has 72 valence electrons. The molecular formula is C11H17NO. The van der Waals surface area contributed by atoms with Crippen molar-refractivity contribution in [3.05, 3.63) is 35.4 Å². The maximum Gasteiger partial charge on any atom is 0.0351 e. The Bertz CT molecular complexity index is 235. The predicted molar refractivity (Wildman–Crippen MR) is 54.8 cm³/mol. The van der Waals surface area contributed by atoms with Gasteiger partial charge in [0, 0.05) is 20.3 Å². The molecule has 1 aliphatic carbocycles. The zero-order valence-corrected chi connectivity index (χ0v) is 8.29. The number of methoxy groups -OCH3 is 1. The maximum absolute atomic E-state index is 5.78. The minimum absolute atomic E-state index is 0.373. The Morgan fingerprint density at radius 2 is 1.54 bits per heavy atom.